The molecule has 0 aromatic carbocycles. The summed E-state index contributed by atoms with van der Waals surface area (Å²) in [5.74, 6) is 1.60. The molecule has 1 aromatic heterocycles. The first-order chi connectivity index (χ1) is 9.40. The van der Waals surface area contributed by atoms with Crippen LogP contribution >= 0.6 is 11.8 Å². The maximum atomic E-state index is 11.5. The molecule has 3 N–H and O–H groups in total. The predicted molar refractivity (Wildman–Crippen MR) is 81.6 cm³/mol. The van der Waals surface area contributed by atoms with E-state index in [0.717, 1.165) is 42.5 Å². The second-order valence-electron chi connectivity index (χ2n) is 5.12. The fourth-order valence-corrected chi connectivity index (χ4v) is 2.90. The minimum Gasteiger partial charge on any atom is -0.368 e. The molecule has 0 aliphatic carbocycles. The zero-order valence-electron chi connectivity index (χ0n) is 12.8. The molecule has 1 unspecified atom stereocenters. The van der Waals surface area contributed by atoms with Crippen molar-refractivity contribution in [1.29, 1.82) is 0 Å². The third-order valence-electron chi connectivity index (χ3n) is 3.47. The molecule has 6 nitrogen and oxygen atoms in total. The van der Waals surface area contributed by atoms with Crippen LogP contribution in [0.2, 0.25) is 0 Å². The van der Waals surface area contributed by atoms with Gasteiger partial charge in [-0.2, -0.15) is 0 Å². The summed E-state index contributed by atoms with van der Waals surface area (Å²) in [6.45, 7) is 6.53. The van der Waals surface area contributed by atoms with E-state index in [-0.39, 0.29) is 5.91 Å². The Labute approximate surface area is 124 Å². The van der Waals surface area contributed by atoms with Crippen LogP contribution in [0.3, 0.4) is 0 Å². The SMILES string of the molecule is CCNC(C)(CCCCSc1nnc(C)n1C)C(N)=O. The van der Waals surface area contributed by atoms with Crippen molar-refractivity contribution in [2.75, 3.05) is 12.3 Å². The molecule has 0 aliphatic rings. The van der Waals surface area contributed by atoms with Gasteiger partial charge in [-0.15, -0.1) is 10.2 Å². The number of unbranched alkanes of at least 4 members (excludes halogenated alkanes) is 1. The molecule has 0 saturated carbocycles. The molecule has 1 amide bonds. The lowest BCUT2D eigenvalue weighted by molar-refractivity contribution is -0.124. The van der Waals surface area contributed by atoms with E-state index in [2.05, 4.69) is 15.5 Å². The van der Waals surface area contributed by atoms with Crippen molar-refractivity contribution in [3.63, 3.8) is 0 Å². The van der Waals surface area contributed by atoms with Crippen molar-refractivity contribution < 1.29 is 4.79 Å². The lowest BCUT2D eigenvalue weighted by Crippen LogP contribution is -2.52. The number of nitrogens with two attached hydrogens (primary N) is 1. The third kappa shape index (κ3) is 4.49. The first kappa shape index (κ1) is 17.0. The fourth-order valence-electron chi connectivity index (χ4n) is 1.95. The number of primary amides is 1. The Balaban J connectivity index is 2.31. The Bertz CT molecular complexity index is 448. The van der Waals surface area contributed by atoms with Gasteiger partial charge in [0, 0.05) is 12.8 Å². The summed E-state index contributed by atoms with van der Waals surface area (Å²) in [5, 5.41) is 12.2. The van der Waals surface area contributed by atoms with Crippen LogP contribution in [0, 0.1) is 6.92 Å². The number of hydrogen-bond donors (Lipinski definition) is 2. The summed E-state index contributed by atoms with van der Waals surface area (Å²) in [5.41, 5.74) is 4.86. The zero-order valence-corrected chi connectivity index (χ0v) is 13.6. The molecule has 0 saturated heterocycles. The number of hydrogen-bond acceptors (Lipinski definition) is 5. The van der Waals surface area contributed by atoms with Gasteiger partial charge < -0.3 is 15.6 Å². The highest BCUT2D eigenvalue weighted by Crippen LogP contribution is 2.19. The standard InChI is InChI=1S/C13H25N5OS/c1-5-15-13(3,11(14)19)8-6-7-9-20-12-17-16-10(2)18(12)4/h15H,5-9H2,1-4H3,(H2,14,19). The lowest BCUT2D eigenvalue weighted by atomic mass is 9.94. The molecule has 0 fully saturated rings. The summed E-state index contributed by atoms with van der Waals surface area (Å²) < 4.78 is 1.98. The van der Waals surface area contributed by atoms with Crippen LogP contribution in [-0.2, 0) is 11.8 Å². The van der Waals surface area contributed by atoms with Crippen LogP contribution in [0.15, 0.2) is 5.16 Å². The lowest BCUT2D eigenvalue weighted by Gasteiger charge is -2.26. The van der Waals surface area contributed by atoms with Gasteiger partial charge in [0.05, 0.1) is 5.54 Å². The second-order valence-corrected chi connectivity index (χ2v) is 6.18. The highest BCUT2D eigenvalue weighted by Gasteiger charge is 2.28. The van der Waals surface area contributed by atoms with Gasteiger partial charge in [-0.1, -0.05) is 25.1 Å². The van der Waals surface area contributed by atoms with E-state index in [0.29, 0.717) is 0 Å². The maximum absolute atomic E-state index is 11.5. The largest absolute Gasteiger partial charge is 0.368 e. The Morgan fingerprint density at radius 3 is 2.65 bits per heavy atom. The topological polar surface area (TPSA) is 85.8 Å². The highest BCUT2D eigenvalue weighted by atomic mass is 32.2. The van der Waals surface area contributed by atoms with Crippen LogP contribution in [0.4, 0.5) is 0 Å². The van der Waals surface area contributed by atoms with Gasteiger partial charge in [0.25, 0.3) is 0 Å². The van der Waals surface area contributed by atoms with Crippen molar-refractivity contribution >= 4 is 17.7 Å². The number of amides is 1. The van der Waals surface area contributed by atoms with Crippen molar-refractivity contribution in [2.45, 2.75) is 50.7 Å². The summed E-state index contributed by atoms with van der Waals surface area (Å²) >= 11 is 1.69. The van der Waals surface area contributed by atoms with Crippen LogP contribution in [0.5, 0.6) is 0 Å². The number of likely N-dealkylation sites (N-methyl/N-ethyl adjacent to an activating group) is 1. The summed E-state index contributed by atoms with van der Waals surface area (Å²) in [7, 11) is 1.97. The smallest absolute Gasteiger partial charge is 0.237 e. The van der Waals surface area contributed by atoms with Gasteiger partial charge in [0.15, 0.2) is 5.16 Å². The third-order valence-corrected chi connectivity index (χ3v) is 4.57. The monoisotopic (exact) mass is 299 g/mol. The van der Waals surface area contributed by atoms with Gasteiger partial charge in [-0.05, 0) is 33.2 Å². The Morgan fingerprint density at radius 1 is 1.45 bits per heavy atom. The Hall–Kier alpha value is -1.08. The quantitative estimate of drug-likeness (QED) is 0.529. The summed E-state index contributed by atoms with van der Waals surface area (Å²) in [6, 6.07) is 0. The molecule has 7 heteroatoms. The average molecular weight is 299 g/mol. The first-order valence-corrected chi connectivity index (χ1v) is 7.93. The van der Waals surface area contributed by atoms with E-state index in [1.165, 1.54) is 0 Å². The van der Waals surface area contributed by atoms with Crippen LogP contribution in [0.25, 0.3) is 0 Å². The van der Waals surface area contributed by atoms with Gasteiger partial charge in [-0.25, -0.2) is 0 Å². The fraction of sp³-hybridized carbons (Fsp3) is 0.769. The molecule has 0 aliphatic heterocycles. The van der Waals surface area contributed by atoms with Gasteiger partial charge in [-0.3, -0.25) is 4.79 Å². The molecule has 1 atom stereocenters. The molecular weight excluding hydrogens is 274 g/mol. The molecule has 1 rings (SSSR count). The van der Waals surface area contributed by atoms with Crippen molar-refractivity contribution in [2.24, 2.45) is 12.8 Å². The van der Waals surface area contributed by atoms with E-state index in [1.807, 2.05) is 32.4 Å². The van der Waals surface area contributed by atoms with Gasteiger partial charge >= 0.3 is 0 Å². The summed E-state index contributed by atoms with van der Waals surface area (Å²) in [6.07, 6.45) is 2.73. The molecule has 1 aromatic rings. The van der Waals surface area contributed by atoms with E-state index in [1.54, 1.807) is 11.8 Å². The average Bonchev–Trinajstić information content (AvgIpc) is 2.70. The Morgan fingerprint density at radius 2 is 2.15 bits per heavy atom. The first-order valence-electron chi connectivity index (χ1n) is 6.94. The molecular formula is C13H25N5OS. The number of thioether (sulfide) groups is 1. The molecule has 114 valence electrons. The number of nitrogens with zero attached hydrogens (tertiary/aromatic N) is 3. The highest BCUT2D eigenvalue weighted by molar-refractivity contribution is 7.99. The van der Waals surface area contributed by atoms with E-state index >= 15 is 0 Å². The number of rotatable bonds is 9. The number of nitrogens with one attached hydrogen (secondary N) is 1. The minimum atomic E-state index is -0.596. The van der Waals surface area contributed by atoms with Gasteiger partial charge in [0.2, 0.25) is 5.91 Å². The van der Waals surface area contributed by atoms with Crippen LogP contribution in [0.1, 0.15) is 38.9 Å². The Kier molecular flexibility index (Phi) is 6.48. The number of carbonyl (C=O) groups excluding carboxylic acids is 1. The van der Waals surface area contributed by atoms with Crippen molar-refractivity contribution in [1.82, 2.24) is 20.1 Å². The molecule has 1 heterocycles. The number of aryl methyl sites for hydroxylation is 1. The summed E-state index contributed by atoms with van der Waals surface area (Å²) in [4.78, 5) is 11.5. The molecule has 0 radical (unpaired) electrons. The van der Waals surface area contributed by atoms with Crippen LogP contribution in [-0.4, -0.2) is 38.5 Å². The maximum Gasteiger partial charge on any atom is 0.237 e. The van der Waals surface area contributed by atoms with Crippen molar-refractivity contribution in [3.05, 3.63) is 5.82 Å². The minimum absolute atomic E-state index is 0.282. The number of aromatic nitrogens is 3. The second kappa shape index (κ2) is 7.64. The van der Waals surface area contributed by atoms with Crippen LogP contribution < -0.4 is 11.1 Å². The molecule has 20 heavy (non-hydrogen) atoms. The molecule has 0 spiro atoms. The van der Waals surface area contributed by atoms with E-state index in [9.17, 15) is 4.79 Å². The number of carbonyl (C=O) groups is 1. The zero-order chi connectivity index (χ0) is 15.2. The van der Waals surface area contributed by atoms with Crippen molar-refractivity contribution in [3.8, 4) is 0 Å². The van der Waals surface area contributed by atoms with E-state index in [4.69, 9.17) is 5.73 Å². The van der Waals surface area contributed by atoms with Gasteiger partial charge in [0.1, 0.15) is 5.82 Å². The molecule has 0 bridgehead atoms. The predicted octanol–water partition coefficient (Wildman–Crippen LogP) is 1.24. The normalized spacial score (nSPS) is 14.2. The van der Waals surface area contributed by atoms with E-state index < -0.39 is 5.54 Å².